The van der Waals surface area contributed by atoms with Crippen LogP contribution in [0.2, 0.25) is 0 Å². The smallest absolute Gasteiger partial charge is 0.0552 e. The molecule has 1 heterocycles. The van der Waals surface area contributed by atoms with E-state index >= 15 is 0 Å². The zero-order valence-electron chi connectivity index (χ0n) is 9.97. The maximum atomic E-state index is 9.63. The van der Waals surface area contributed by atoms with Gasteiger partial charge in [0.15, 0.2) is 0 Å². The van der Waals surface area contributed by atoms with E-state index in [1.54, 1.807) is 0 Å². The maximum Gasteiger partial charge on any atom is 0.0552 e. The number of likely N-dealkylation sites (tertiary alicyclic amines) is 1. The molecule has 1 aliphatic heterocycles. The normalized spacial score (nSPS) is 24.2. The molecule has 1 fully saturated rings. The predicted octanol–water partition coefficient (Wildman–Crippen LogP) is 2.28. The molecule has 1 N–H and O–H groups in total. The van der Waals surface area contributed by atoms with Gasteiger partial charge in [0.1, 0.15) is 0 Å². The zero-order chi connectivity index (χ0) is 11.4. The van der Waals surface area contributed by atoms with Crippen molar-refractivity contribution in [1.29, 1.82) is 0 Å². The third kappa shape index (κ3) is 3.06. The Morgan fingerprint density at radius 2 is 2.12 bits per heavy atom. The fourth-order valence-corrected chi connectivity index (χ4v) is 2.47. The monoisotopic (exact) mass is 219 g/mol. The van der Waals surface area contributed by atoms with Crippen LogP contribution in [0.15, 0.2) is 30.3 Å². The summed E-state index contributed by atoms with van der Waals surface area (Å²) in [5.74, 6) is 0.456. The summed E-state index contributed by atoms with van der Waals surface area (Å²) in [5, 5.41) is 9.63. The van der Waals surface area contributed by atoms with E-state index in [4.69, 9.17) is 0 Å². The van der Waals surface area contributed by atoms with Crippen LogP contribution in [0.1, 0.15) is 25.3 Å². The topological polar surface area (TPSA) is 23.5 Å². The lowest BCUT2D eigenvalue weighted by atomic mass is 9.93. The molecule has 16 heavy (non-hydrogen) atoms. The average molecular weight is 219 g/mol. The van der Waals surface area contributed by atoms with Gasteiger partial charge in [0.05, 0.1) is 6.10 Å². The molecule has 1 aromatic rings. The van der Waals surface area contributed by atoms with Gasteiger partial charge in [0, 0.05) is 13.1 Å². The first kappa shape index (κ1) is 11.6. The molecule has 0 amide bonds. The Morgan fingerprint density at radius 1 is 1.38 bits per heavy atom. The molecule has 0 aromatic heterocycles. The highest BCUT2D eigenvalue weighted by Crippen LogP contribution is 2.21. The Kier molecular flexibility index (Phi) is 3.97. The maximum absolute atomic E-state index is 9.63. The number of aliphatic hydroxyl groups excluding tert-OH is 1. The van der Waals surface area contributed by atoms with Gasteiger partial charge in [-0.15, -0.1) is 0 Å². The Balaban J connectivity index is 1.90. The SMILES string of the molecule is C[C@H](O)[C@H]1CCCN(Cc2ccccc2)C1. The van der Waals surface area contributed by atoms with Crippen molar-refractivity contribution < 1.29 is 5.11 Å². The summed E-state index contributed by atoms with van der Waals surface area (Å²) in [6.45, 7) is 5.13. The predicted molar refractivity (Wildman–Crippen MR) is 66.1 cm³/mol. The lowest BCUT2D eigenvalue weighted by Gasteiger charge is -2.34. The van der Waals surface area contributed by atoms with Crippen LogP contribution < -0.4 is 0 Å². The van der Waals surface area contributed by atoms with Crippen molar-refractivity contribution >= 4 is 0 Å². The van der Waals surface area contributed by atoms with E-state index in [9.17, 15) is 5.11 Å². The van der Waals surface area contributed by atoms with E-state index in [0.717, 1.165) is 19.6 Å². The third-order valence-corrected chi connectivity index (χ3v) is 3.47. The van der Waals surface area contributed by atoms with Crippen LogP contribution in [0.3, 0.4) is 0 Å². The van der Waals surface area contributed by atoms with Gasteiger partial charge in [0.2, 0.25) is 0 Å². The molecule has 1 saturated heterocycles. The van der Waals surface area contributed by atoms with Gasteiger partial charge >= 0.3 is 0 Å². The second-order valence-corrected chi connectivity index (χ2v) is 4.86. The standard InChI is InChI=1S/C14H21NO/c1-12(16)14-8-5-9-15(11-14)10-13-6-3-2-4-7-13/h2-4,6-7,12,14,16H,5,8-11H2,1H3/t12-,14-/m0/s1. The molecular formula is C14H21NO. The Morgan fingerprint density at radius 3 is 2.81 bits per heavy atom. The van der Waals surface area contributed by atoms with E-state index in [2.05, 4.69) is 35.2 Å². The zero-order valence-corrected chi connectivity index (χ0v) is 9.97. The summed E-state index contributed by atoms with van der Waals surface area (Å²) in [7, 11) is 0. The fraction of sp³-hybridized carbons (Fsp3) is 0.571. The number of hydrogen-bond acceptors (Lipinski definition) is 2. The van der Waals surface area contributed by atoms with E-state index in [1.807, 2.05) is 6.92 Å². The molecule has 2 heteroatoms. The molecule has 2 atom stereocenters. The first-order valence-corrected chi connectivity index (χ1v) is 6.20. The van der Waals surface area contributed by atoms with Crippen LogP contribution in [0.4, 0.5) is 0 Å². The van der Waals surface area contributed by atoms with Crippen molar-refractivity contribution in [3.05, 3.63) is 35.9 Å². The molecule has 0 aliphatic carbocycles. The van der Waals surface area contributed by atoms with Crippen molar-refractivity contribution in [3.63, 3.8) is 0 Å². The lowest BCUT2D eigenvalue weighted by molar-refractivity contribution is 0.0599. The highest BCUT2D eigenvalue weighted by molar-refractivity contribution is 5.14. The van der Waals surface area contributed by atoms with Crippen molar-refractivity contribution in [2.75, 3.05) is 13.1 Å². The molecule has 88 valence electrons. The Labute approximate surface area is 97.9 Å². The van der Waals surface area contributed by atoms with E-state index in [-0.39, 0.29) is 6.10 Å². The van der Waals surface area contributed by atoms with Crippen molar-refractivity contribution in [1.82, 2.24) is 4.90 Å². The van der Waals surface area contributed by atoms with Gasteiger partial charge < -0.3 is 5.11 Å². The van der Waals surface area contributed by atoms with Crippen LogP contribution in [-0.4, -0.2) is 29.2 Å². The average Bonchev–Trinajstić information content (AvgIpc) is 2.30. The molecule has 0 bridgehead atoms. The van der Waals surface area contributed by atoms with Gasteiger partial charge in [0.25, 0.3) is 0 Å². The second-order valence-electron chi connectivity index (χ2n) is 4.86. The molecule has 0 spiro atoms. The summed E-state index contributed by atoms with van der Waals surface area (Å²) in [4.78, 5) is 2.45. The molecule has 1 aliphatic rings. The minimum atomic E-state index is -0.168. The molecule has 2 nitrogen and oxygen atoms in total. The Hall–Kier alpha value is -0.860. The summed E-state index contributed by atoms with van der Waals surface area (Å²) < 4.78 is 0. The van der Waals surface area contributed by atoms with E-state index in [0.29, 0.717) is 5.92 Å². The van der Waals surface area contributed by atoms with Crippen LogP contribution >= 0.6 is 0 Å². The number of aliphatic hydroxyl groups is 1. The minimum absolute atomic E-state index is 0.168. The third-order valence-electron chi connectivity index (χ3n) is 3.47. The van der Waals surface area contributed by atoms with Gasteiger partial charge in [-0.25, -0.2) is 0 Å². The highest BCUT2D eigenvalue weighted by Gasteiger charge is 2.23. The number of hydrogen-bond donors (Lipinski definition) is 1. The summed E-state index contributed by atoms with van der Waals surface area (Å²) in [6, 6.07) is 10.6. The van der Waals surface area contributed by atoms with Gasteiger partial charge in [-0.3, -0.25) is 4.90 Å². The van der Waals surface area contributed by atoms with E-state index in [1.165, 1.54) is 18.4 Å². The molecule has 0 radical (unpaired) electrons. The Bertz CT molecular complexity index is 310. The van der Waals surface area contributed by atoms with Gasteiger partial charge in [-0.2, -0.15) is 0 Å². The molecule has 1 aromatic carbocycles. The number of nitrogens with zero attached hydrogens (tertiary/aromatic N) is 1. The first-order chi connectivity index (χ1) is 7.75. The second kappa shape index (κ2) is 5.46. The molecule has 2 rings (SSSR count). The molecule has 0 unspecified atom stereocenters. The van der Waals surface area contributed by atoms with Crippen LogP contribution in [0, 0.1) is 5.92 Å². The summed E-state index contributed by atoms with van der Waals surface area (Å²) >= 11 is 0. The van der Waals surface area contributed by atoms with Gasteiger partial charge in [-0.05, 0) is 37.8 Å². The van der Waals surface area contributed by atoms with Crippen molar-refractivity contribution in [2.24, 2.45) is 5.92 Å². The van der Waals surface area contributed by atoms with Gasteiger partial charge in [-0.1, -0.05) is 30.3 Å². The van der Waals surface area contributed by atoms with E-state index < -0.39 is 0 Å². The number of benzene rings is 1. The largest absolute Gasteiger partial charge is 0.393 e. The highest BCUT2D eigenvalue weighted by atomic mass is 16.3. The van der Waals surface area contributed by atoms with Crippen LogP contribution in [0.5, 0.6) is 0 Å². The van der Waals surface area contributed by atoms with Crippen molar-refractivity contribution in [2.45, 2.75) is 32.4 Å². The quantitative estimate of drug-likeness (QED) is 0.843. The number of rotatable bonds is 3. The first-order valence-electron chi connectivity index (χ1n) is 6.20. The van der Waals surface area contributed by atoms with Crippen molar-refractivity contribution in [3.8, 4) is 0 Å². The summed E-state index contributed by atoms with van der Waals surface area (Å²) in [6.07, 6.45) is 2.21. The van der Waals surface area contributed by atoms with Crippen LogP contribution in [-0.2, 0) is 6.54 Å². The van der Waals surface area contributed by atoms with Crippen LogP contribution in [0.25, 0.3) is 0 Å². The minimum Gasteiger partial charge on any atom is -0.393 e. The fourth-order valence-electron chi connectivity index (χ4n) is 2.47. The molecular weight excluding hydrogens is 198 g/mol. The lowest BCUT2D eigenvalue weighted by Crippen LogP contribution is -2.38. The molecule has 0 saturated carbocycles. The summed E-state index contributed by atoms with van der Waals surface area (Å²) in [5.41, 5.74) is 1.37. The number of piperidine rings is 1.